The summed E-state index contributed by atoms with van der Waals surface area (Å²) in [6.07, 6.45) is 0. The molecule has 1 heterocycles. The van der Waals surface area contributed by atoms with Gasteiger partial charge in [-0.3, -0.25) is 9.69 Å². The number of carbonyl (C=O) groups excluding carboxylic acids is 1. The van der Waals surface area contributed by atoms with Gasteiger partial charge in [0.2, 0.25) is 0 Å². The van der Waals surface area contributed by atoms with Crippen molar-refractivity contribution in [3.8, 4) is 5.75 Å². The zero-order valence-corrected chi connectivity index (χ0v) is 15.5. The van der Waals surface area contributed by atoms with E-state index in [4.69, 9.17) is 0 Å². The number of hydrogen-bond acceptors (Lipinski definition) is 5. The number of hydrogen-bond donors (Lipinski definition) is 2. The molecule has 136 valence electrons. The highest BCUT2D eigenvalue weighted by Gasteiger charge is 2.21. The molecule has 2 aromatic rings. The van der Waals surface area contributed by atoms with Crippen molar-refractivity contribution in [1.82, 2.24) is 20.1 Å². The van der Waals surface area contributed by atoms with Crippen molar-refractivity contribution in [2.24, 2.45) is 0 Å². The molecule has 0 unspecified atom stereocenters. The maximum atomic E-state index is 12.7. The van der Waals surface area contributed by atoms with Gasteiger partial charge >= 0.3 is 0 Å². The van der Waals surface area contributed by atoms with E-state index in [1.807, 2.05) is 43.3 Å². The van der Waals surface area contributed by atoms with Crippen LogP contribution in [0.5, 0.6) is 5.75 Å². The third kappa shape index (κ3) is 4.67. The number of nitrogens with zero attached hydrogens (tertiary/aromatic N) is 3. The van der Waals surface area contributed by atoms with Gasteiger partial charge in [0.25, 0.3) is 5.91 Å². The summed E-state index contributed by atoms with van der Waals surface area (Å²) in [5, 5.41) is 14.4. The lowest BCUT2D eigenvalue weighted by atomic mass is 10.1. The molecule has 0 aliphatic rings. The molecule has 2 rings (SSSR count). The van der Waals surface area contributed by atoms with E-state index in [1.54, 1.807) is 0 Å². The molecule has 1 aromatic heterocycles. The third-order valence-electron chi connectivity index (χ3n) is 4.30. The number of benzene rings is 1. The van der Waals surface area contributed by atoms with Gasteiger partial charge in [0.15, 0.2) is 0 Å². The molecule has 25 heavy (non-hydrogen) atoms. The van der Waals surface area contributed by atoms with E-state index in [0.717, 1.165) is 19.6 Å². The van der Waals surface area contributed by atoms with Crippen molar-refractivity contribution in [3.63, 3.8) is 0 Å². The first kappa shape index (κ1) is 19.1. The van der Waals surface area contributed by atoms with Gasteiger partial charge < -0.3 is 15.3 Å². The molecule has 0 aliphatic heterocycles. The van der Waals surface area contributed by atoms with Gasteiger partial charge in [-0.25, -0.2) is 4.98 Å². The summed E-state index contributed by atoms with van der Waals surface area (Å²) < 4.78 is 0. The van der Waals surface area contributed by atoms with Crippen molar-refractivity contribution in [2.45, 2.75) is 20.4 Å². The van der Waals surface area contributed by atoms with Crippen LogP contribution in [0, 0.1) is 0 Å². The molecule has 1 aromatic carbocycles. The smallest absolute Gasteiger partial charge is 0.270 e. The van der Waals surface area contributed by atoms with Crippen LogP contribution in [0.3, 0.4) is 0 Å². The van der Waals surface area contributed by atoms with Gasteiger partial charge in [0.1, 0.15) is 11.4 Å². The molecule has 0 atom stereocenters. The van der Waals surface area contributed by atoms with E-state index in [-0.39, 0.29) is 11.7 Å². The molecular formula is C19H28N4O2. The Kier molecular flexibility index (Phi) is 6.73. The third-order valence-corrected chi connectivity index (χ3v) is 4.30. The predicted molar refractivity (Wildman–Crippen MR) is 101 cm³/mol. The summed E-state index contributed by atoms with van der Waals surface area (Å²) in [6, 6.07) is 7.36. The summed E-state index contributed by atoms with van der Waals surface area (Å²) >= 11 is 0. The van der Waals surface area contributed by atoms with Crippen LogP contribution in [-0.2, 0) is 6.54 Å². The molecule has 0 fully saturated rings. The van der Waals surface area contributed by atoms with Crippen molar-refractivity contribution in [3.05, 3.63) is 35.5 Å². The number of pyridine rings is 1. The number of para-hydroxylation sites is 1. The Morgan fingerprint density at radius 2 is 1.88 bits per heavy atom. The highest BCUT2D eigenvalue weighted by molar-refractivity contribution is 5.99. The van der Waals surface area contributed by atoms with Gasteiger partial charge in [-0.2, -0.15) is 0 Å². The molecule has 6 heteroatoms. The van der Waals surface area contributed by atoms with E-state index in [1.165, 1.54) is 0 Å². The van der Waals surface area contributed by atoms with Crippen molar-refractivity contribution >= 4 is 16.8 Å². The van der Waals surface area contributed by atoms with Crippen LogP contribution in [0.1, 0.15) is 29.9 Å². The van der Waals surface area contributed by atoms with Gasteiger partial charge in [0, 0.05) is 30.6 Å². The topological polar surface area (TPSA) is 68.7 Å². The van der Waals surface area contributed by atoms with Crippen molar-refractivity contribution in [1.29, 1.82) is 0 Å². The largest absolute Gasteiger partial charge is 0.507 e. The normalized spacial score (nSPS) is 11.4. The summed E-state index contributed by atoms with van der Waals surface area (Å²) in [5.74, 6) is -0.0969. The molecule has 2 N–H and O–H groups in total. The van der Waals surface area contributed by atoms with E-state index in [2.05, 4.69) is 29.0 Å². The number of rotatable bonds is 8. The first-order valence-corrected chi connectivity index (χ1v) is 8.73. The van der Waals surface area contributed by atoms with Gasteiger partial charge in [-0.05, 0) is 39.3 Å². The number of likely N-dealkylation sites (N-methyl/N-ethyl adjacent to an activating group) is 1. The van der Waals surface area contributed by atoms with Crippen LogP contribution in [0.4, 0.5) is 0 Å². The second-order valence-corrected chi connectivity index (χ2v) is 6.33. The molecule has 0 radical (unpaired) electrons. The maximum absolute atomic E-state index is 12.7. The first-order chi connectivity index (χ1) is 12.0. The van der Waals surface area contributed by atoms with E-state index in [0.29, 0.717) is 35.2 Å². The van der Waals surface area contributed by atoms with Crippen LogP contribution < -0.4 is 5.32 Å². The Balaban J connectivity index is 2.42. The number of amides is 1. The van der Waals surface area contributed by atoms with E-state index in [9.17, 15) is 9.90 Å². The van der Waals surface area contributed by atoms with Gasteiger partial charge in [-0.1, -0.05) is 26.0 Å². The molecule has 0 spiro atoms. The number of aromatic nitrogens is 1. The average Bonchev–Trinajstić information content (AvgIpc) is 2.60. The Bertz CT molecular complexity index is 727. The fourth-order valence-electron chi connectivity index (χ4n) is 2.72. The van der Waals surface area contributed by atoms with E-state index < -0.39 is 0 Å². The van der Waals surface area contributed by atoms with Gasteiger partial charge in [0.05, 0.1) is 5.52 Å². The monoisotopic (exact) mass is 344 g/mol. The molecule has 0 bridgehead atoms. The number of nitrogens with one attached hydrogen (secondary N) is 1. The minimum Gasteiger partial charge on any atom is -0.507 e. The second-order valence-electron chi connectivity index (χ2n) is 6.33. The summed E-state index contributed by atoms with van der Waals surface area (Å²) in [7, 11) is 3.91. The van der Waals surface area contributed by atoms with Crippen LogP contribution >= 0.6 is 0 Å². The Morgan fingerprint density at radius 3 is 2.52 bits per heavy atom. The predicted octanol–water partition coefficient (Wildman–Crippen LogP) is 2.07. The zero-order valence-electron chi connectivity index (χ0n) is 15.5. The number of fused-ring (bicyclic) bond motifs is 1. The quantitative estimate of drug-likeness (QED) is 0.767. The minimum atomic E-state index is -0.245. The molecule has 1 amide bonds. The summed E-state index contributed by atoms with van der Waals surface area (Å²) in [4.78, 5) is 21.4. The average molecular weight is 344 g/mol. The van der Waals surface area contributed by atoms with Crippen LogP contribution in [0.15, 0.2) is 24.3 Å². The Hall–Kier alpha value is -2.18. The molecular weight excluding hydrogens is 316 g/mol. The lowest BCUT2D eigenvalue weighted by molar-refractivity contribution is 0.0943. The number of carbonyl (C=O) groups is 1. The first-order valence-electron chi connectivity index (χ1n) is 8.73. The van der Waals surface area contributed by atoms with Crippen molar-refractivity contribution in [2.75, 3.05) is 40.3 Å². The number of aromatic hydroxyl groups is 1. The molecule has 0 aliphatic carbocycles. The lowest BCUT2D eigenvalue weighted by Gasteiger charge is -2.21. The van der Waals surface area contributed by atoms with Crippen LogP contribution in [0.2, 0.25) is 0 Å². The van der Waals surface area contributed by atoms with Gasteiger partial charge in [-0.15, -0.1) is 0 Å². The lowest BCUT2D eigenvalue weighted by Crippen LogP contribution is -2.33. The van der Waals surface area contributed by atoms with Crippen LogP contribution in [0.25, 0.3) is 10.9 Å². The minimum absolute atomic E-state index is 0.148. The van der Waals surface area contributed by atoms with E-state index >= 15 is 0 Å². The Labute approximate surface area is 149 Å². The maximum Gasteiger partial charge on any atom is 0.270 e. The summed E-state index contributed by atoms with van der Waals surface area (Å²) in [6.45, 7) is 7.57. The zero-order chi connectivity index (χ0) is 18.4. The fraction of sp³-hybridized carbons (Fsp3) is 0.474. The highest BCUT2D eigenvalue weighted by atomic mass is 16.3. The van der Waals surface area contributed by atoms with Crippen molar-refractivity contribution < 1.29 is 9.90 Å². The molecule has 0 saturated carbocycles. The molecule has 0 saturated heterocycles. The van der Waals surface area contributed by atoms with Crippen LogP contribution in [-0.4, -0.2) is 66.1 Å². The Morgan fingerprint density at radius 1 is 1.20 bits per heavy atom. The second kappa shape index (κ2) is 8.78. The fourth-order valence-corrected chi connectivity index (χ4v) is 2.72. The summed E-state index contributed by atoms with van der Waals surface area (Å²) in [5.41, 5.74) is 1.52. The highest BCUT2D eigenvalue weighted by Crippen LogP contribution is 2.30. The standard InChI is InChI=1S/C19H28N4O2/c1-5-23(6-2)13-15-17(19(25)20-11-12-22(3)4)21-16-10-8-7-9-14(16)18(15)24/h7-10H,5-6,11-13H2,1-4H3,(H,20,25)(H,21,24). The SMILES string of the molecule is CCN(CC)Cc1c(C(=O)NCCN(C)C)nc2ccccc2c1O. The molecule has 6 nitrogen and oxygen atoms in total.